The molecule has 1 aliphatic rings. The maximum Gasteiger partial charge on any atom is 0.330 e. The summed E-state index contributed by atoms with van der Waals surface area (Å²) in [5.74, 6) is 0.215. The number of anilines is 2. The van der Waals surface area contributed by atoms with Gasteiger partial charge in [0, 0.05) is 19.6 Å². The summed E-state index contributed by atoms with van der Waals surface area (Å²) in [7, 11) is 0. The van der Waals surface area contributed by atoms with E-state index in [0.29, 0.717) is 38.2 Å². The summed E-state index contributed by atoms with van der Waals surface area (Å²) < 4.78 is 1.39. The van der Waals surface area contributed by atoms with Gasteiger partial charge in [0.25, 0.3) is 5.56 Å². The summed E-state index contributed by atoms with van der Waals surface area (Å²) in [5, 5.41) is 9.50. The second-order valence-electron chi connectivity index (χ2n) is 4.86. The van der Waals surface area contributed by atoms with E-state index >= 15 is 0 Å². The minimum Gasteiger partial charge on any atom is -0.393 e. The van der Waals surface area contributed by atoms with Crippen LogP contribution in [0.3, 0.4) is 0 Å². The Kier molecular flexibility index (Phi) is 3.94. The van der Waals surface area contributed by atoms with Crippen LogP contribution in [0.5, 0.6) is 0 Å². The maximum atomic E-state index is 11.9. The molecule has 0 radical (unpaired) electrons. The number of aliphatic hydroxyl groups is 1. The quantitative estimate of drug-likeness (QED) is 0.685. The largest absolute Gasteiger partial charge is 0.393 e. The van der Waals surface area contributed by atoms with Crippen molar-refractivity contribution >= 4 is 11.5 Å². The van der Waals surface area contributed by atoms with Crippen LogP contribution in [0.1, 0.15) is 26.2 Å². The molecule has 1 saturated heterocycles. The molecule has 19 heavy (non-hydrogen) atoms. The molecule has 0 aliphatic carbocycles. The number of aliphatic hydroxyl groups excluding tert-OH is 1. The molecule has 0 aromatic carbocycles. The highest BCUT2D eigenvalue weighted by atomic mass is 16.3. The van der Waals surface area contributed by atoms with Gasteiger partial charge in [-0.3, -0.25) is 14.3 Å². The van der Waals surface area contributed by atoms with Gasteiger partial charge in [0.2, 0.25) is 0 Å². The smallest absolute Gasteiger partial charge is 0.330 e. The molecule has 0 spiro atoms. The number of hydrogen-bond donors (Lipinski definition) is 3. The Labute approximate surface area is 110 Å². The van der Waals surface area contributed by atoms with Crippen LogP contribution in [0, 0.1) is 0 Å². The van der Waals surface area contributed by atoms with Crippen molar-refractivity contribution in [2.75, 3.05) is 23.7 Å². The van der Waals surface area contributed by atoms with Crippen molar-refractivity contribution in [1.29, 1.82) is 0 Å². The first-order chi connectivity index (χ1) is 9.04. The number of H-pyrrole nitrogens is 1. The zero-order valence-electron chi connectivity index (χ0n) is 11.1. The average Bonchev–Trinajstić information content (AvgIpc) is 2.36. The summed E-state index contributed by atoms with van der Waals surface area (Å²) in [6.45, 7) is 3.55. The third-order valence-corrected chi connectivity index (χ3v) is 3.44. The summed E-state index contributed by atoms with van der Waals surface area (Å²) >= 11 is 0. The van der Waals surface area contributed by atoms with Crippen molar-refractivity contribution in [1.82, 2.24) is 9.55 Å². The van der Waals surface area contributed by atoms with Crippen molar-refractivity contribution in [3.63, 3.8) is 0 Å². The van der Waals surface area contributed by atoms with Crippen LogP contribution in [0.15, 0.2) is 9.59 Å². The van der Waals surface area contributed by atoms with Gasteiger partial charge in [-0.05, 0) is 19.3 Å². The van der Waals surface area contributed by atoms with Gasteiger partial charge in [-0.15, -0.1) is 0 Å². The van der Waals surface area contributed by atoms with Crippen molar-refractivity contribution in [2.45, 2.75) is 38.8 Å². The number of rotatable bonds is 3. The van der Waals surface area contributed by atoms with Crippen LogP contribution in [-0.4, -0.2) is 33.9 Å². The molecule has 2 rings (SSSR count). The van der Waals surface area contributed by atoms with Gasteiger partial charge < -0.3 is 15.7 Å². The fourth-order valence-electron chi connectivity index (χ4n) is 2.42. The topological polar surface area (TPSA) is 104 Å². The lowest BCUT2D eigenvalue weighted by molar-refractivity contribution is 0.145. The minimum atomic E-state index is -0.467. The van der Waals surface area contributed by atoms with Crippen molar-refractivity contribution in [3.05, 3.63) is 20.8 Å². The predicted octanol–water partition coefficient (Wildman–Crippen LogP) is -0.510. The van der Waals surface area contributed by atoms with Gasteiger partial charge in [0.05, 0.1) is 6.10 Å². The number of aromatic amines is 1. The fourth-order valence-corrected chi connectivity index (χ4v) is 2.42. The molecule has 7 heteroatoms. The Morgan fingerprint density at radius 2 is 2.00 bits per heavy atom. The number of nitrogen functional groups attached to an aromatic ring is 1. The average molecular weight is 268 g/mol. The van der Waals surface area contributed by atoms with E-state index in [2.05, 4.69) is 4.98 Å². The van der Waals surface area contributed by atoms with Gasteiger partial charge >= 0.3 is 5.69 Å². The molecule has 1 fully saturated rings. The molecule has 0 amide bonds. The lowest BCUT2D eigenvalue weighted by Gasteiger charge is -2.31. The van der Waals surface area contributed by atoms with Crippen molar-refractivity contribution in [3.8, 4) is 0 Å². The third-order valence-electron chi connectivity index (χ3n) is 3.44. The molecule has 0 saturated carbocycles. The molecule has 2 heterocycles. The zero-order chi connectivity index (χ0) is 14.0. The highest BCUT2D eigenvalue weighted by Gasteiger charge is 2.23. The highest BCUT2D eigenvalue weighted by Crippen LogP contribution is 2.21. The van der Waals surface area contributed by atoms with E-state index in [4.69, 9.17) is 5.73 Å². The molecular weight excluding hydrogens is 248 g/mol. The molecule has 4 N–H and O–H groups in total. The van der Waals surface area contributed by atoms with E-state index in [-0.39, 0.29) is 11.9 Å². The second kappa shape index (κ2) is 5.48. The van der Waals surface area contributed by atoms with Gasteiger partial charge in [-0.25, -0.2) is 4.79 Å². The summed E-state index contributed by atoms with van der Waals surface area (Å²) in [6, 6.07) is 0. The Morgan fingerprint density at radius 1 is 1.37 bits per heavy atom. The van der Waals surface area contributed by atoms with E-state index in [1.807, 2.05) is 11.8 Å². The van der Waals surface area contributed by atoms with Gasteiger partial charge in [0.1, 0.15) is 11.5 Å². The van der Waals surface area contributed by atoms with E-state index in [9.17, 15) is 14.7 Å². The summed E-state index contributed by atoms with van der Waals surface area (Å²) in [6.07, 6.45) is 1.64. The van der Waals surface area contributed by atoms with Crippen molar-refractivity contribution in [2.24, 2.45) is 0 Å². The fraction of sp³-hybridized carbons (Fsp3) is 0.667. The molecule has 1 aliphatic heterocycles. The highest BCUT2D eigenvalue weighted by molar-refractivity contribution is 5.62. The maximum absolute atomic E-state index is 11.9. The molecule has 106 valence electrons. The van der Waals surface area contributed by atoms with Gasteiger partial charge in [-0.1, -0.05) is 6.92 Å². The number of nitrogens with zero attached hydrogens (tertiary/aromatic N) is 2. The normalized spacial score (nSPS) is 16.8. The number of piperidine rings is 1. The van der Waals surface area contributed by atoms with Crippen LogP contribution < -0.4 is 21.9 Å². The standard InChI is InChI=1S/C12H20N4O3/c1-2-5-16-10(13)9(11(18)14-12(16)19)15-6-3-8(17)4-7-15/h8,17H,2-7,13H2,1H3,(H,14,18,19). The Balaban J connectivity index is 2.42. The van der Waals surface area contributed by atoms with E-state index < -0.39 is 11.2 Å². The first kappa shape index (κ1) is 13.7. The minimum absolute atomic E-state index is 0.215. The second-order valence-corrected chi connectivity index (χ2v) is 4.86. The lowest BCUT2D eigenvalue weighted by Crippen LogP contribution is -2.42. The number of nitrogens with two attached hydrogens (primary N) is 1. The van der Waals surface area contributed by atoms with Crippen LogP contribution in [0.4, 0.5) is 11.5 Å². The summed E-state index contributed by atoms with van der Waals surface area (Å²) in [5.41, 5.74) is 5.40. The Hall–Kier alpha value is -1.76. The first-order valence-corrected chi connectivity index (χ1v) is 6.60. The van der Waals surface area contributed by atoms with Crippen LogP contribution >= 0.6 is 0 Å². The molecule has 0 unspecified atom stereocenters. The first-order valence-electron chi connectivity index (χ1n) is 6.60. The van der Waals surface area contributed by atoms with Crippen LogP contribution in [0.25, 0.3) is 0 Å². The molecule has 7 nitrogen and oxygen atoms in total. The third kappa shape index (κ3) is 2.65. The van der Waals surface area contributed by atoms with E-state index in [1.54, 1.807) is 0 Å². The monoisotopic (exact) mass is 268 g/mol. The number of nitrogens with one attached hydrogen (secondary N) is 1. The predicted molar refractivity (Wildman–Crippen MR) is 73.5 cm³/mol. The number of hydrogen-bond acceptors (Lipinski definition) is 5. The van der Waals surface area contributed by atoms with Crippen LogP contribution in [-0.2, 0) is 6.54 Å². The molecule has 1 aromatic heterocycles. The Bertz CT molecular complexity index is 555. The summed E-state index contributed by atoms with van der Waals surface area (Å²) in [4.78, 5) is 27.8. The number of aromatic nitrogens is 2. The van der Waals surface area contributed by atoms with Crippen LogP contribution in [0.2, 0.25) is 0 Å². The SMILES string of the molecule is CCCn1c(N)c(N2CCC(O)CC2)c(=O)[nH]c1=O. The van der Waals surface area contributed by atoms with E-state index in [0.717, 1.165) is 6.42 Å². The molecule has 1 aromatic rings. The lowest BCUT2D eigenvalue weighted by atomic mass is 10.1. The van der Waals surface area contributed by atoms with Gasteiger partial charge in [0.15, 0.2) is 0 Å². The molecule has 0 atom stereocenters. The molecule has 0 bridgehead atoms. The van der Waals surface area contributed by atoms with Gasteiger partial charge in [-0.2, -0.15) is 0 Å². The molecular formula is C12H20N4O3. The van der Waals surface area contributed by atoms with E-state index in [1.165, 1.54) is 4.57 Å². The zero-order valence-corrected chi connectivity index (χ0v) is 11.1. The van der Waals surface area contributed by atoms with Crippen molar-refractivity contribution < 1.29 is 5.11 Å². The Morgan fingerprint density at radius 3 is 2.58 bits per heavy atom.